The van der Waals surface area contributed by atoms with E-state index in [4.69, 9.17) is 22.1 Å². The van der Waals surface area contributed by atoms with E-state index in [0.29, 0.717) is 0 Å². The maximum atomic E-state index is 12.5. The molecule has 116 valence electrons. The molecule has 0 aromatic heterocycles. The van der Waals surface area contributed by atoms with Gasteiger partial charge in [-0.25, -0.2) is 8.42 Å². The van der Waals surface area contributed by atoms with Gasteiger partial charge in [-0.3, -0.25) is 10.1 Å². The molecule has 0 amide bonds. The van der Waals surface area contributed by atoms with Crippen LogP contribution >= 0.6 is 11.6 Å². The number of halogens is 1. The van der Waals surface area contributed by atoms with E-state index < -0.39 is 21.1 Å². The van der Waals surface area contributed by atoms with E-state index in [2.05, 4.69) is 0 Å². The topological polar surface area (TPSA) is 116 Å². The molecule has 1 aromatic rings. The Labute approximate surface area is 126 Å². The molecule has 21 heavy (non-hydrogen) atoms. The van der Waals surface area contributed by atoms with E-state index in [-0.39, 0.29) is 40.9 Å². The fourth-order valence-electron chi connectivity index (χ4n) is 2.02. The summed E-state index contributed by atoms with van der Waals surface area (Å²) in [5.74, 6) is 0. The molecule has 0 aliphatic carbocycles. The van der Waals surface area contributed by atoms with Crippen molar-refractivity contribution in [2.24, 2.45) is 5.73 Å². The van der Waals surface area contributed by atoms with Gasteiger partial charge in [0.2, 0.25) is 10.0 Å². The number of nitrogens with two attached hydrogens (primary N) is 1. The van der Waals surface area contributed by atoms with Crippen molar-refractivity contribution in [3.8, 4) is 0 Å². The summed E-state index contributed by atoms with van der Waals surface area (Å²) in [4.78, 5) is 10.1. The molecular formula is C11H14ClN3O5S. The summed E-state index contributed by atoms with van der Waals surface area (Å²) in [5.41, 5.74) is 5.59. The van der Waals surface area contributed by atoms with Crippen LogP contribution in [0.3, 0.4) is 0 Å². The SMILES string of the molecule is Cc1c(Cl)cc(S(=O)(=O)N2CCOCC2N)cc1[N+](=O)[O-]. The van der Waals surface area contributed by atoms with E-state index in [1.807, 2.05) is 0 Å². The normalized spacial score (nSPS) is 20.4. The highest BCUT2D eigenvalue weighted by Crippen LogP contribution is 2.31. The third kappa shape index (κ3) is 3.01. The molecule has 1 aliphatic rings. The molecule has 0 saturated carbocycles. The van der Waals surface area contributed by atoms with Crippen molar-refractivity contribution in [3.05, 3.63) is 32.8 Å². The van der Waals surface area contributed by atoms with Crippen LogP contribution in [0.2, 0.25) is 5.02 Å². The van der Waals surface area contributed by atoms with Crippen LogP contribution in [0.1, 0.15) is 5.56 Å². The Kier molecular flexibility index (Phi) is 4.49. The van der Waals surface area contributed by atoms with Gasteiger partial charge in [0.15, 0.2) is 0 Å². The first kappa shape index (κ1) is 16.1. The lowest BCUT2D eigenvalue weighted by Crippen LogP contribution is -2.53. The average Bonchev–Trinajstić information content (AvgIpc) is 2.41. The van der Waals surface area contributed by atoms with E-state index in [0.717, 1.165) is 10.4 Å². The zero-order chi connectivity index (χ0) is 15.8. The van der Waals surface area contributed by atoms with Crippen LogP contribution in [0.5, 0.6) is 0 Å². The molecule has 0 radical (unpaired) electrons. The smallest absolute Gasteiger partial charge is 0.275 e. The lowest BCUT2D eigenvalue weighted by Gasteiger charge is -2.31. The maximum Gasteiger partial charge on any atom is 0.275 e. The third-order valence-electron chi connectivity index (χ3n) is 3.21. The third-order valence-corrected chi connectivity index (χ3v) is 5.50. The first-order chi connectivity index (χ1) is 9.75. The van der Waals surface area contributed by atoms with Gasteiger partial charge in [0, 0.05) is 18.2 Å². The molecule has 8 nitrogen and oxygen atoms in total. The Balaban J connectivity index is 2.52. The van der Waals surface area contributed by atoms with Gasteiger partial charge in [0.25, 0.3) is 5.69 Å². The Morgan fingerprint density at radius 1 is 1.52 bits per heavy atom. The second-order valence-corrected chi connectivity index (χ2v) is 6.86. The molecule has 1 aromatic carbocycles. The zero-order valence-electron chi connectivity index (χ0n) is 11.2. The molecular weight excluding hydrogens is 322 g/mol. The fourth-order valence-corrected chi connectivity index (χ4v) is 3.83. The van der Waals surface area contributed by atoms with Crippen molar-refractivity contribution in [3.63, 3.8) is 0 Å². The molecule has 2 rings (SSSR count). The quantitative estimate of drug-likeness (QED) is 0.647. The molecule has 1 unspecified atom stereocenters. The highest BCUT2D eigenvalue weighted by Gasteiger charge is 2.33. The van der Waals surface area contributed by atoms with Crippen molar-refractivity contribution in [2.45, 2.75) is 18.0 Å². The zero-order valence-corrected chi connectivity index (χ0v) is 12.7. The van der Waals surface area contributed by atoms with Crippen molar-refractivity contribution in [1.29, 1.82) is 0 Å². The molecule has 1 fully saturated rings. The summed E-state index contributed by atoms with van der Waals surface area (Å²) in [6.07, 6.45) is -0.831. The largest absolute Gasteiger partial charge is 0.377 e. The van der Waals surface area contributed by atoms with Gasteiger partial charge in [-0.2, -0.15) is 4.31 Å². The lowest BCUT2D eigenvalue weighted by atomic mass is 10.2. The summed E-state index contributed by atoms with van der Waals surface area (Å²) < 4.78 is 31.2. The summed E-state index contributed by atoms with van der Waals surface area (Å²) >= 11 is 5.90. The number of hydrogen-bond donors (Lipinski definition) is 1. The number of nitro benzene ring substituents is 1. The number of benzene rings is 1. The standard InChI is InChI=1S/C11H14ClN3O5S/c1-7-9(12)4-8(5-10(7)15(16)17)21(18,19)14-2-3-20-6-11(14)13/h4-5,11H,2-3,6,13H2,1H3. The Morgan fingerprint density at radius 3 is 2.76 bits per heavy atom. The minimum absolute atomic E-state index is 0.0182. The van der Waals surface area contributed by atoms with Crippen LogP contribution in [0.15, 0.2) is 17.0 Å². The predicted molar refractivity (Wildman–Crippen MR) is 75.5 cm³/mol. The van der Waals surface area contributed by atoms with E-state index in [1.54, 1.807) is 0 Å². The van der Waals surface area contributed by atoms with Gasteiger partial charge >= 0.3 is 0 Å². The van der Waals surface area contributed by atoms with Crippen LogP contribution in [0.25, 0.3) is 0 Å². The van der Waals surface area contributed by atoms with Crippen LogP contribution in [-0.2, 0) is 14.8 Å². The van der Waals surface area contributed by atoms with Gasteiger partial charge in [-0.1, -0.05) is 11.6 Å². The van der Waals surface area contributed by atoms with Crippen LogP contribution < -0.4 is 5.73 Å². The highest BCUT2D eigenvalue weighted by molar-refractivity contribution is 7.89. The number of sulfonamides is 1. The number of rotatable bonds is 3. The molecule has 1 aliphatic heterocycles. The fraction of sp³-hybridized carbons (Fsp3) is 0.455. The first-order valence-electron chi connectivity index (χ1n) is 6.05. The van der Waals surface area contributed by atoms with E-state index >= 15 is 0 Å². The van der Waals surface area contributed by atoms with Gasteiger partial charge in [-0.15, -0.1) is 0 Å². The number of ether oxygens (including phenoxy) is 1. The predicted octanol–water partition coefficient (Wildman–Crippen LogP) is 0.862. The van der Waals surface area contributed by atoms with E-state index in [1.165, 1.54) is 13.0 Å². The number of nitrogens with zero attached hydrogens (tertiary/aromatic N) is 2. The summed E-state index contributed by atoms with van der Waals surface area (Å²) in [7, 11) is -3.97. The van der Waals surface area contributed by atoms with E-state index in [9.17, 15) is 18.5 Å². The van der Waals surface area contributed by atoms with Gasteiger partial charge < -0.3 is 10.5 Å². The van der Waals surface area contributed by atoms with Gasteiger partial charge in [-0.05, 0) is 13.0 Å². The Morgan fingerprint density at radius 2 is 2.19 bits per heavy atom. The number of hydrogen-bond acceptors (Lipinski definition) is 6. The average molecular weight is 336 g/mol. The molecule has 10 heteroatoms. The first-order valence-corrected chi connectivity index (χ1v) is 7.86. The minimum Gasteiger partial charge on any atom is -0.377 e. The van der Waals surface area contributed by atoms with Crippen molar-refractivity contribution >= 4 is 27.3 Å². The Bertz CT molecular complexity index is 679. The molecule has 2 N–H and O–H groups in total. The Hall–Kier alpha value is -1.26. The lowest BCUT2D eigenvalue weighted by molar-refractivity contribution is -0.385. The second kappa shape index (κ2) is 5.85. The van der Waals surface area contributed by atoms with Gasteiger partial charge in [0.05, 0.1) is 34.2 Å². The second-order valence-electron chi connectivity index (χ2n) is 4.56. The molecule has 1 heterocycles. The molecule has 1 atom stereocenters. The maximum absolute atomic E-state index is 12.5. The van der Waals surface area contributed by atoms with Crippen LogP contribution in [0, 0.1) is 17.0 Å². The monoisotopic (exact) mass is 335 g/mol. The molecule has 0 spiro atoms. The number of morpholine rings is 1. The summed E-state index contributed by atoms with van der Waals surface area (Å²) in [5, 5.41) is 11.0. The molecule has 1 saturated heterocycles. The van der Waals surface area contributed by atoms with Crippen LogP contribution in [0.4, 0.5) is 5.69 Å². The van der Waals surface area contributed by atoms with Crippen molar-refractivity contribution < 1.29 is 18.1 Å². The number of nitro groups is 1. The van der Waals surface area contributed by atoms with Gasteiger partial charge in [0.1, 0.15) is 0 Å². The van der Waals surface area contributed by atoms with Crippen molar-refractivity contribution in [2.75, 3.05) is 19.8 Å². The summed E-state index contributed by atoms with van der Waals surface area (Å²) in [6.45, 7) is 1.83. The minimum atomic E-state index is -3.97. The van der Waals surface area contributed by atoms with Crippen molar-refractivity contribution in [1.82, 2.24) is 4.31 Å². The molecule has 0 bridgehead atoms. The highest BCUT2D eigenvalue weighted by atomic mass is 35.5. The summed E-state index contributed by atoms with van der Waals surface area (Å²) in [6, 6.07) is 2.19. The van der Waals surface area contributed by atoms with Crippen LogP contribution in [-0.4, -0.2) is 43.6 Å².